The van der Waals surface area contributed by atoms with Gasteiger partial charge in [-0.25, -0.2) is 0 Å². The van der Waals surface area contributed by atoms with E-state index in [2.05, 4.69) is 31.5 Å². The smallest absolute Gasteiger partial charge is 0.325 e. The van der Waals surface area contributed by atoms with Gasteiger partial charge in [0.25, 0.3) is 11.8 Å². The predicted octanol–water partition coefficient (Wildman–Crippen LogP) is 1.87. The second-order valence-corrected chi connectivity index (χ2v) is 8.93. The quantitative estimate of drug-likeness (QED) is 0.534. The van der Waals surface area contributed by atoms with Crippen LogP contribution in [0.25, 0.3) is 0 Å². The molecule has 2 aliphatic rings. The van der Waals surface area contributed by atoms with Crippen molar-refractivity contribution in [3.63, 3.8) is 0 Å². The molecular weight excluding hydrogens is 466 g/mol. The highest BCUT2D eigenvalue weighted by molar-refractivity contribution is 9.10. The van der Waals surface area contributed by atoms with E-state index >= 15 is 0 Å². The molecule has 0 atom stereocenters. The van der Waals surface area contributed by atoms with Crippen LogP contribution >= 0.6 is 15.9 Å². The Morgan fingerprint density at radius 3 is 2.55 bits per heavy atom. The van der Waals surface area contributed by atoms with E-state index in [0.29, 0.717) is 12.1 Å². The van der Waals surface area contributed by atoms with Crippen LogP contribution in [0, 0.1) is 0 Å². The lowest BCUT2D eigenvalue weighted by Crippen LogP contribution is -2.59. The number of esters is 1. The van der Waals surface area contributed by atoms with Gasteiger partial charge in [-0.15, -0.1) is 0 Å². The molecule has 1 aliphatic heterocycles. The highest BCUT2D eigenvalue weighted by Gasteiger charge is 2.38. The van der Waals surface area contributed by atoms with Crippen LogP contribution in [0.1, 0.15) is 42.5 Å². The summed E-state index contributed by atoms with van der Waals surface area (Å²) in [4.78, 5) is 38.7. The summed E-state index contributed by atoms with van der Waals surface area (Å²) in [5, 5.41) is 5.45. The minimum Gasteiger partial charge on any atom is -0.454 e. The molecule has 8 nitrogen and oxygen atoms in total. The Hall–Kier alpha value is -1.97. The van der Waals surface area contributed by atoms with E-state index in [1.165, 1.54) is 6.42 Å². The maximum atomic E-state index is 12.3. The van der Waals surface area contributed by atoms with Crippen molar-refractivity contribution in [1.29, 1.82) is 0 Å². The first-order valence-electron chi connectivity index (χ1n) is 10.8. The number of benzene rings is 1. The van der Waals surface area contributed by atoms with Gasteiger partial charge in [0.15, 0.2) is 6.61 Å². The van der Waals surface area contributed by atoms with E-state index in [4.69, 9.17) is 9.47 Å². The van der Waals surface area contributed by atoms with Gasteiger partial charge < -0.3 is 20.1 Å². The van der Waals surface area contributed by atoms with Crippen molar-refractivity contribution in [2.24, 2.45) is 0 Å². The fourth-order valence-corrected chi connectivity index (χ4v) is 4.65. The van der Waals surface area contributed by atoms with Crippen molar-refractivity contribution in [2.75, 3.05) is 46.0 Å². The molecule has 0 spiro atoms. The fraction of sp³-hybridized carbons (Fsp3) is 0.591. The molecule has 170 valence electrons. The van der Waals surface area contributed by atoms with Crippen LogP contribution in [-0.2, 0) is 19.1 Å². The topological polar surface area (TPSA) is 97.0 Å². The summed E-state index contributed by atoms with van der Waals surface area (Å²) < 4.78 is 11.3. The summed E-state index contributed by atoms with van der Waals surface area (Å²) >= 11 is 3.30. The number of ether oxygens (including phenoxy) is 2. The van der Waals surface area contributed by atoms with E-state index in [1.54, 1.807) is 24.3 Å². The van der Waals surface area contributed by atoms with Crippen molar-refractivity contribution in [3.05, 3.63) is 34.3 Å². The maximum Gasteiger partial charge on any atom is 0.325 e. The zero-order valence-electron chi connectivity index (χ0n) is 17.7. The molecule has 9 heteroatoms. The first kappa shape index (κ1) is 23.7. The summed E-state index contributed by atoms with van der Waals surface area (Å²) in [5.41, 5.74) is 0.389. The van der Waals surface area contributed by atoms with Crippen LogP contribution in [0.3, 0.4) is 0 Å². The van der Waals surface area contributed by atoms with Crippen molar-refractivity contribution < 1.29 is 23.9 Å². The zero-order valence-corrected chi connectivity index (χ0v) is 19.2. The predicted molar refractivity (Wildman–Crippen MR) is 119 cm³/mol. The van der Waals surface area contributed by atoms with Crippen molar-refractivity contribution >= 4 is 33.7 Å². The first-order valence-corrected chi connectivity index (χ1v) is 11.6. The number of morpholine rings is 1. The lowest BCUT2D eigenvalue weighted by atomic mass is 9.79. The second kappa shape index (κ2) is 11.6. The number of amides is 2. The standard InChI is InChI=1S/C22H30BrN3O5/c23-18-6-4-5-17(13-18)21(29)24-14-20(28)31-15-19(27)25-16-22(7-2-1-3-8-22)26-9-11-30-12-10-26/h4-6,13H,1-3,7-12,14-16H2,(H,24,29)(H,25,27). The Labute approximate surface area is 191 Å². The van der Waals surface area contributed by atoms with E-state index in [-0.39, 0.29) is 30.5 Å². The van der Waals surface area contributed by atoms with Crippen LogP contribution in [0.4, 0.5) is 0 Å². The van der Waals surface area contributed by atoms with Crippen LogP contribution in [0.15, 0.2) is 28.7 Å². The number of hydrogen-bond donors (Lipinski definition) is 2. The Kier molecular flexibility index (Phi) is 8.86. The Bertz CT molecular complexity index is 776. The largest absolute Gasteiger partial charge is 0.454 e. The van der Waals surface area contributed by atoms with Crippen LogP contribution < -0.4 is 10.6 Å². The monoisotopic (exact) mass is 495 g/mol. The van der Waals surface area contributed by atoms with Gasteiger partial charge in [0.05, 0.1) is 13.2 Å². The SMILES string of the molecule is O=C(COC(=O)CNC(=O)c1cccc(Br)c1)NCC1(N2CCOCC2)CCCCC1. The third-order valence-corrected chi connectivity index (χ3v) is 6.42. The maximum absolute atomic E-state index is 12.3. The van der Waals surface area contributed by atoms with E-state index in [9.17, 15) is 14.4 Å². The van der Waals surface area contributed by atoms with E-state index in [1.807, 2.05) is 0 Å². The molecule has 31 heavy (non-hydrogen) atoms. The summed E-state index contributed by atoms with van der Waals surface area (Å²) in [6.07, 6.45) is 5.63. The lowest BCUT2D eigenvalue weighted by molar-refractivity contribution is -0.147. The molecule has 1 aliphatic carbocycles. The molecule has 0 radical (unpaired) electrons. The fourth-order valence-electron chi connectivity index (χ4n) is 4.25. The van der Waals surface area contributed by atoms with E-state index in [0.717, 1.165) is 56.5 Å². The molecule has 2 fully saturated rings. The van der Waals surface area contributed by atoms with Gasteiger partial charge in [0.2, 0.25) is 0 Å². The summed E-state index contributed by atoms with van der Waals surface area (Å²) in [7, 11) is 0. The average Bonchev–Trinajstić information content (AvgIpc) is 2.81. The van der Waals surface area contributed by atoms with Gasteiger partial charge in [-0.05, 0) is 31.0 Å². The first-order chi connectivity index (χ1) is 15.0. The molecule has 1 saturated heterocycles. The molecule has 2 N–H and O–H groups in total. The van der Waals surface area contributed by atoms with Crippen LogP contribution in [-0.4, -0.2) is 74.2 Å². The van der Waals surface area contributed by atoms with Gasteiger partial charge in [-0.1, -0.05) is 41.3 Å². The molecule has 1 aromatic carbocycles. The van der Waals surface area contributed by atoms with Gasteiger partial charge in [0, 0.05) is 35.2 Å². The summed E-state index contributed by atoms with van der Waals surface area (Å²) in [6, 6.07) is 6.84. The Balaban J connectivity index is 1.40. The number of halogens is 1. The third-order valence-electron chi connectivity index (χ3n) is 5.93. The van der Waals surface area contributed by atoms with Crippen molar-refractivity contribution in [2.45, 2.75) is 37.6 Å². The molecule has 0 unspecified atom stereocenters. The van der Waals surface area contributed by atoms with Crippen molar-refractivity contribution in [1.82, 2.24) is 15.5 Å². The normalized spacial score (nSPS) is 18.7. The molecule has 1 heterocycles. The van der Waals surface area contributed by atoms with Crippen LogP contribution in [0.2, 0.25) is 0 Å². The third kappa shape index (κ3) is 7.02. The number of hydrogen-bond acceptors (Lipinski definition) is 6. The lowest BCUT2D eigenvalue weighted by Gasteiger charge is -2.48. The molecule has 3 rings (SSSR count). The molecule has 0 bridgehead atoms. The van der Waals surface area contributed by atoms with E-state index < -0.39 is 5.97 Å². The molecule has 1 aromatic rings. The number of nitrogens with one attached hydrogen (secondary N) is 2. The number of carbonyl (C=O) groups excluding carboxylic acids is 3. The van der Waals surface area contributed by atoms with Gasteiger partial charge in [-0.3, -0.25) is 19.3 Å². The summed E-state index contributed by atoms with van der Waals surface area (Å²) in [6.45, 7) is 3.09. The second-order valence-electron chi connectivity index (χ2n) is 8.01. The highest BCUT2D eigenvalue weighted by Crippen LogP contribution is 2.33. The minimum atomic E-state index is -0.654. The van der Waals surface area contributed by atoms with Gasteiger partial charge in [-0.2, -0.15) is 0 Å². The molecular formula is C22H30BrN3O5. The number of rotatable bonds is 8. The van der Waals surface area contributed by atoms with Crippen LogP contribution in [0.5, 0.6) is 0 Å². The summed E-state index contributed by atoms with van der Waals surface area (Å²) in [5.74, 6) is -1.36. The number of nitrogens with zero attached hydrogens (tertiary/aromatic N) is 1. The minimum absolute atomic E-state index is 0.0420. The number of carbonyl (C=O) groups is 3. The molecule has 1 saturated carbocycles. The average molecular weight is 496 g/mol. The molecule has 2 amide bonds. The highest BCUT2D eigenvalue weighted by atomic mass is 79.9. The Morgan fingerprint density at radius 1 is 1.10 bits per heavy atom. The van der Waals surface area contributed by atoms with Gasteiger partial charge in [0.1, 0.15) is 6.54 Å². The molecule has 0 aromatic heterocycles. The van der Waals surface area contributed by atoms with Gasteiger partial charge >= 0.3 is 5.97 Å². The zero-order chi connectivity index (χ0) is 22.1. The Morgan fingerprint density at radius 2 is 1.84 bits per heavy atom. The van der Waals surface area contributed by atoms with Crippen molar-refractivity contribution in [3.8, 4) is 0 Å².